The van der Waals surface area contributed by atoms with Crippen molar-refractivity contribution in [2.75, 3.05) is 45.8 Å². The van der Waals surface area contributed by atoms with Crippen molar-refractivity contribution in [3.63, 3.8) is 0 Å². The third kappa shape index (κ3) is 2.89. The van der Waals surface area contributed by atoms with Gasteiger partial charge in [0.2, 0.25) is 0 Å². The van der Waals surface area contributed by atoms with Gasteiger partial charge in [-0.15, -0.1) is 0 Å². The Morgan fingerprint density at radius 3 is 2.38 bits per heavy atom. The van der Waals surface area contributed by atoms with E-state index in [2.05, 4.69) is 9.80 Å². The zero-order valence-electron chi connectivity index (χ0n) is 13.8. The van der Waals surface area contributed by atoms with Crippen LogP contribution in [-0.4, -0.2) is 77.6 Å². The van der Waals surface area contributed by atoms with Crippen LogP contribution in [0.4, 0.5) is 4.39 Å². The van der Waals surface area contributed by atoms with Gasteiger partial charge in [-0.2, -0.15) is 0 Å². The van der Waals surface area contributed by atoms with Crippen LogP contribution in [0.1, 0.15) is 23.2 Å². The minimum Gasteiger partial charge on any atom is -0.505 e. The molecule has 4 aliphatic heterocycles. The standard InChI is InChI=1S/C18H24FN3O2/c19-15-11-14(1-2-17(15)23)18(24)22-9-7-21(8-10-22)16-12-20-5-3-13(16)4-6-20/h1-2,11,13,16,23H,3-10,12H2/t16-/m1/s1. The van der Waals surface area contributed by atoms with Gasteiger partial charge in [0.05, 0.1) is 0 Å². The number of carbonyl (C=O) groups excluding carboxylic acids is 1. The summed E-state index contributed by atoms with van der Waals surface area (Å²) in [7, 11) is 0. The lowest BCUT2D eigenvalue weighted by atomic mass is 9.83. The summed E-state index contributed by atoms with van der Waals surface area (Å²) in [6, 6.07) is 4.49. The molecule has 1 aromatic rings. The van der Waals surface area contributed by atoms with E-state index in [1.165, 1.54) is 44.6 Å². The number of aromatic hydroxyl groups is 1. The van der Waals surface area contributed by atoms with Gasteiger partial charge in [0.25, 0.3) is 5.91 Å². The largest absolute Gasteiger partial charge is 0.505 e. The molecular weight excluding hydrogens is 309 g/mol. The molecule has 4 saturated heterocycles. The van der Waals surface area contributed by atoms with Crippen LogP contribution < -0.4 is 0 Å². The first-order valence-corrected chi connectivity index (χ1v) is 8.86. The Labute approximate surface area is 141 Å². The minimum atomic E-state index is -0.744. The fraction of sp³-hybridized carbons (Fsp3) is 0.611. The highest BCUT2D eigenvalue weighted by molar-refractivity contribution is 5.94. The van der Waals surface area contributed by atoms with Crippen molar-refractivity contribution in [1.82, 2.24) is 14.7 Å². The van der Waals surface area contributed by atoms with Gasteiger partial charge in [0, 0.05) is 44.3 Å². The number of piperazine rings is 1. The number of rotatable bonds is 2. The van der Waals surface area contributed by atoms with Crippen molar-refractivity contribution >= 4 is 5.91 Å². The van der Waals surface area contributed by atoms with Crippen LogP contribution in [0.25, 0.3) is 0 Å². The molecular formula is C18H24FN3O2. The highest BCUT2D eigenvalue weighted by Gasteiger charge is 2.38. The summed E-state index contributed by atoms with van der Waals surface area (Å²) in [5.41, 5.74) is 0.307. The first kappa shape index (κ1) is 15.8. The molecule has 2 bridgehead atoms. The molecule has 4 fully saturated rings. The van der Waals surface area contributed by atoms with E-state index in [9.17, 15) is 14.3 Å². The minimum absolute atomic E-state index is 0.150. The first-order chi connectivity index (χ1) is 11.6. The molecule has 1 amide bonds. The average Bonchev–Trinajstić information content (AvgIpc) is 2.64. The lowest BCUT2D eigenvalue weighted by molar-refractivity contribution is -0.0131. The maximum atomic E-state index is 13.5. The third-order valence-corrected chi connectivity index (χ3v) is 5.89. The van der Waals surface area contributed by atoms with Crippen molar-refractivity contribution in [2.45, 2.75) is 18.9 Å². The smallest absolute Gasteiger partial charge is 0.254 e. The van der Waals surface area contributed by atoms with Gasteiger partial charge in [-0.1, -0.05) is 0 Å². The Hall–Kier alpha value is -1.66. The number of halogens is 1. The number of piperidine rings is 3. The van der Waals surface area contributed by atoms with Gasteiger partial charge in [-0.25, -0.2) is 4.39 Å². The lowest BCUT2D eigenvalue weighted by Gasteiger charge is -2.51. The summed E-state index contributed by atoms with van der Waals surface area (Å²) in [6.45, 7) is 6.80. The predicted molar refractivity (Wildman–Crippen MR) is 88.5 cm³/mol. The van der Waals surface area contributed by atoms with E-state index in [0.29, 0.717) is 24.7 Å². The Morgan fingerprint density at radius 1 is 1.08 bits per heavy atom. The number of hydrogen-bond donors (Lipinski definition) is 1. The summed E-state index contributed by atoms with van der Waals surface area (Å²) < 4.78 is 13.5. The molecule has 0 radical (unpaired) electrons. The highest BCUT2D eigenvalue weighted by atomic mass is 19.1. The van der Waals surface area contributed by atoms with Crippen LogP contribution in [0, 0.1) is 11.7 Å². The van der Waals surface area contributed by atoms with Crippen LogP contribution in [-0.2, 0) is 0 Å². The van der Waals surface area contributed by atoms with Gasteiger partial charge >= 0.3 is 0 Å². The van der Waals surface area contributed by atoms with Crippen molar-refractivity contribution in [3.8, 4) is 5.75 Å². The Balaban J connectivity index is 1.37. The molecule has 0 spiro atoms. The van der Waals surface area contributed by atoms with E-state index in [-0.39, 0.29) is 5.91 Å². The summed E-state index contributed by atoms with van der Waals surface area (Å²) in [5, 5.41) is 9.26. The van der Waals surface area contributed by atoms with E-state index in [1.54, 1.807) is 4.90 Å². The molecule has 0 saturated carbocycles. The summed E-state index contributed by atoms with van der Waals surface area (Å²) in [5.74, 6) is -0.503. The van der Waals surface area contributed by atoms with Gasteiger partial charge < -0.3 is 14.9 Å². The number of carbonyl (C=O) groups is 1. The van der Waals surface area contributed by atoms with E-state index < -0.39 is 11.6 Å². The molecule has 4 heterocycles. The van der Waals surface area contributed by atoms with Gasteiger partial charge in [-0.3, -0.25) is 9.69 Å². The number of fused-ring (bicyclic) bond motifs is 3. The lowest BCUT2D eigenvalue weighted by Crippen LogP contribution is -2.61. The molecule has 0 unspecified atom stereocenters. The van der Waals surface area contributed by atoms with E-state index >= 15 is 0 Å². The second-order valence-electron chi connectivity index (χ2n) is 7.20. The van der Waals surface area contributed by atoms with E-state index in [1.807, 2.05) is 0 Å². The number of phenols is 1. The molecule has 130 valence electrons. The topological polar surface area (TPSA) is 47.0 Å². The zero-order chi connectivity index (χ0) is 16.7. The monoisotopic (exact) mass is 333 g/mol. The van der Waals surface area contributed by atoms with Crippen molar-refractivity contribution in [1.29, 1.82) is 0 Å². The van der Waals surface area contributed by atoms with Crippen LogP contribution in [0.5, 0.6) is 5.75 Å². The predicted octanol–water partition coefficient (Wildman–Crippen LogP) is 1.38. The van der Waals surface area contributed by atoms with Gasteiger partial charge in [0.15, 0.2) is 11.6 Å². The number of phenolic OH excluding ortho intramolecular Hbond substituents is 1. The van der Waals surface area contributed by atoms with Crippen molar-refractivity contribution in [3.05, 3.63) is 29.6 Å². The number of hydrogen-bond acceptors (Lipinski definition) is 4. The Morgan fingerprint density at radius 2 is 1.79 bits per heavy atom. The Kier molecular flexibility index (Phi) is 4.18. The quantitative estimate of drug-likeness (QED) is 0.888. The third-order valence-electron chi connectivity index (χ3n) is 5.89. The molecule has 1 atom stereocenters. The number of amides is 1. The fourth-order valence-electron chi connectivity index (χ4n) is 4.43. The molecule has 5 nitrogen and oxygen atoms in total. The molecule has 6 heteroatoms. The van der Waals surface area contributed by atoms with Crippen LogP contribution in [0.2, 0.25) is 0 Å². The molecule has 0 aromatic heterocycles. The average molecular weight is 333 g/mol. The molecule has 1 N–H and O–H groups in total. The van der Waals surface area contributed by atoms with Crippen LogP contribution in [0.15, 0.2) is 18.2 Å². The van der Waals surface area contributed by atoms with Gasteiger partial charge in [0.1, 0.15) is 0 Å². The van der Waals surface area contributed by atoms with Crippen molar-refractivity contribution < 1.29 is 14.3 Å². The second kappa shape index (κ2) is 6.33. The van der Waals surface area contributed by atoms with Crippen LogP contribution >= 0.6 is 0 Å². The highest BCUT2D eigenvalue weighted by Crippen LogP contribution is 2.31. The maximum Gasteiger partial charge on any atom is 0.254 e. The Bertz CT molecular complexity index is 623. The SMILES string of the molecule is O=C(c1ccc(O)c(F)c1)N1CCN([C@@H]2CN3CCC2CC3)CC1. The molecule has 24 heavy (non-hydrogen) atoms. The zero-order valence-corrected chi connectivity index (χ0v) is 13.8. The van der Waals surface area contributed by atoms with E-state index in [4.69, 9.17) is 0 Å². The molecule has 0 aliphatic carbocycles. The molecule has 1 aromatic carbocycles. The number of nitrogens with zero attached hydrogens (tertiary/aromatic N) is 3. The summed E-state index contributed by atoms with van der Waals surface area (Å²) in [6.07, 6.45) is 2.60. The summed E-state index contributed by atoms with van der Waals surface area (Å²) in [4.78, 5) is 19.4. The summed E-state index contributed by atoms with van der Waals surface area (Å²) >= 11 is 0. The maximum absolute atomic E-state index is 13.5. The second-order valence-corrected chi connectivity index (χ2v) is 7.20. The van der Waals surface area contributed by atoms with Crippen LogP contribution in [0.3, 0.4) is 0 Å². The molecule has 4 aliphatic rings. The molecule has 5 rings (SSSR count). The van der Waals surface area contributed by atoms with Gasteiger partial charge in [-0.05, 0) is 50.0 Å². The number of benzene rings is 1. The normalized spacial score (nSPS) is 30.5. The first-order valence-electron chi connectivity index (χ1n) is 8.86. The van der Waals surface area contributed by atoms with Crippen molar-refractivity contribution in [2.24, 2.45) is 5.92 Å². The fourth-order valence-corrected chi connectivity index (χ4v) is 4.43. The van der Waals surface area contributed by atoms with E-state index in [0.717, 1.165) is 25.1 Å².